The highest BCUT2D eigenvalue weighted by atomic mass is 32.2. The molecular weight excluding hydrogens is 388 g/mol. The van der Waals surface area contributed by atoms with Crippen molar-refractivity contribution in [3.05, 3.63) is 28.8 Å². The van der Waals surface area contributed by atoms with E-state index in [0.29, 0.717) is 18.8 Å². The minimum atomic E-state index is -3.92. The van der Waals surface area contributed by atoms with E-state index in [1.165, 1.54) is 4.31 Å². The Bertz CT molecular complexity index is 810. The Hall–Kier alpha value is -1.64. The van der Waals surface area contributed by atoms with Crippen LogP contribution < -0.4 is 10.0 Å². The van der Waals surface area contributed by atoms with Gasteiger partial charge in [-0.1, -0.05) is 45.4 Å². The van der Waals surface area contributed by atoms with Gasteiger partial charge in [0.25, 0.3) is 0 Å². The molecule has 2 N–H and O–H groups in total. The minimum absolute atomic E-state index is 0.0792. The van der Waals surface area contributed by atoms with Gasteiger partial charge in [0.15, 0.2) is 0 Å². The van der Waals surface area contributed by atoms with Crippen LogP contribution in [0.5, 0.6) is 0 Å². The highest BCUT2D eigenvalue weighted by molar-refractivity contribution is 7.87. The number of nitrogens with zero attached hydrogens (tertiary/aromatic N) is 2. The van der Waals surface area contributed by atoms with Crippen LogP contribution in [0.2, 0.25) is 0 Å². The highest BCUT2D eigenvalue weighted by Crippen LogP contribution is 2.33. The Kier molecular flexibility index (Phi) is 7.35. The molecule has 0 aliphatic carbocycles. The SMILES string of the molecule is Cc1cc(C(C)C)c(NC(=O)NS(=O)(=O)N2CC(C)N(C)C(C)C2)c(C(C)C)c1. The molecule has 1 saturated heterocycles. The maximum atomic E-state index is 12.8. The van der Waals surface area contributed by atoms with Crippen molar-refractivity contribution in [2.75, 3.05) is 25.5 Å². The largest absolute Gasteiger partial charge is 0.333 e. The molecule has 8 heteroatoms. The van der Waals surface area contributed by atoms with Crippen molar-refractivity contribution < 1.29 is 13.2 Å². The van der Waals surface area contributed by atoms with Crippen LogP contribution in [0, 0.1) is 6.92 Å². The van der Waals surface area contributed by atoms with Gasteiger partial charge in [0.2, 0.25) is 0 Å². The number of amides is 2. The van der Waals surface area contributed by atoms with E-state index in [1.54, 1.807) is 0 Å². The highest BCUT2D eigenvalue weighted by Gasteiger charge is 2.34. The number of anilines is 1. The first-order chi connectivity index (χ1) is 13.3. The molecule has 29 heavy (non-hydrogen) atoms. The summed E-state index contributed by atoms with van der Waals surface area (Å²) >= 11 is 0. The predicted octanol–water partition coefficient (Wildman–Crippen LogP) is 3.63. The molecule has 2 rings (SSSR count). The van der Waals surface area contributed by atoms with Crippen molar-refractivity contribution in [3.63, 3.8) is 0 Å². The molecule has 164 valence electrons. The van der Waals surface area contributed by atoms with E-state index in [9.17, 15) is 13.2 Å². The van der Waals surface area contributed by atoms with Crippen LogP contribution >= 0.6 is 0 Å². The van der Waals surface area contributed by atoms with Gasteiger partial charge in [-0.05, 0) is 50.8 Å². The van der Waals surface area contributed by atoms with Crippen molar-refractivity contribution in [3.8, 4) is 0 Å². The lowest BCUT2D eigenvalue weighted by molar-refractivity contribution is 0.104. The third kappa shape index (κ3) is 5.49. The fourth-order valence-corrected chi connectivity index (χ4v) is 5.01. The van der Waals surface area contributed by atoms with E-state index in [0.717, 1.165) is 16.7 Å². The third-order valence-corrected chi connectivity index (χ3v) is 7.14. The lowest BCUT2D eigenvalue weighted by Gasteiger charge is -2.41. The summed E-state index contributed by atoms with van der Waals surface area (Å²) in [5.41, 5.74) is 3.83. The number of likely N-dealkylation sites (N-methyl/N-ethyl adjacent to an activating group) is 1. The number of aryl methyl sites for hydroxylation is 1. The molecule has 2 unspecified atom stereocenters. The molecule has 1 heterocycles. The lowest BCUT2D eigenvalue weighted by Crippen LogP contribution is -2.59. The van der Waals surface area contributed by atoms with Gasteiger partial charge in [-0.3, -0.25) is 4.90 Å². The van der Waals surface area contributed by atoms with Crippen molar-refractivity contribution in [1.29, 1.82) is 0 Å². The van der Waals surface area contributed by atoms with Crippen LogP contribution in [0.25, 0.3) is 0 Å². The first-order valence-corrected chi connectivity index (χ1v) is 11.7. The summed E-state index contributed by atoms with van der Waals surface area (Å²) in [5.74, 6) is 0.386. The second-order valence-electron chi connectivity index (χ2n) is 8.87. The average Bonchev–Trinajstić information content (AvgIpc) is 2.59. The second-order valence-corrected chi connectivity index (χ2v) is 10.5. The first kappa shape index (κ1) is 23.6. The molecule has 1 aliphatic rings. The van der Waals surface area contributed by atoms with Gasteiger partial charge >= 0.3 is 16.2 Å². The molecule has 7 nitrogen and oxygen atoms in total. The molecular formula is C21H36N4O3S. The van der Waals surface area contributed by atoms with Crippen molar-refractivity contribution in [1.82, 2.24) is 13.9 Å². The number of piperazine rings is 1. The van der Waals surface area contributed by atoms with Gasteiger partial charge in [-0.2, -0.15) is 12.7 Å². The van der Waals surface area contributed by atoms with Crippen molar-refractivity contribution >= 4 is 21.9 Å². The molecule has 0 saturated carbocycles. The zero-order chi connectivity index (χ0) is 22.1. The first-order valence-electron chi connectivity index (χ1n) is 10.3. The standard InChI is InChI=1S/C21H36N4O3S/c1-13(2)18-9-15(5)10-19(14(3)4)20(18)22-21(26)23-29(27,28)25-11-16(6)24(8)17(7)12-25/h9-10,13-14,16-17H,11-12H2,1-8H3,(H2,22,23,26). The van der Waals surface area contributed by atoms with Gasteiger partial charge in [-0.15, -0.1) is 0 Å². The maximum Gasteiger partial charge on any atom is 0.333 e. The third-order valence-electron chi connectivity index (χ3n) is 5.71. The topological polar surface area (TPSA) is 81.8 Å². The Morgan fingerprint density at radius 3 is 1.90 bits per heavy atom. The molecule has 1 aliphatic heterocycles. The quantitative estimate of drug-likeness (QED) is 0.756. The number of rotatable bonds is 5. The molecule has 0 spiro atoms. The average molecular weight is 425 g/mol. The number of nitrogens with one attached hydrogen (secondary N) is 2. The van der Waals surface area contributed by atoms with Gasteiger partial charge in [0, 0.05) is 30.9 Å². The van der Waals surface area contributed by atoms with E-state index < -0.39 is 16.2 Å². The van der Waals surface area contributed by atoms with E-state index in [1.807, 2.05) is 40.0 Å². The summed E-state index contributed by atoms with van der Waals surface area (Å²) < 4.78 is 29.2. The number of urea groups is 1. The summed E-state index contributed by atoms with van der Waals surface area (Å²) in [6.45, 7) is 14.9. The van der Waals surface area contributed by atoms with E-state index in [-0.39, 0.29) is 23.9 Å². The second kappa shape index (κ2) is 9.02. The monoisotopic (exact) mass is 424 g/mol. The molecule has 0 bridgehead atoms. The Morgan fingerprint density at radius 1 is 1.03 bits per heavy atom. The van der Waals surface area contributed by atoms with Gasteiger partial charge in [0.1, 0.15) is 0 Å². The molecule has 0 aromatic heterocycles. The van der Waals surface area contributed by atoms with E-state index in [4.69, 9.17) is 0 Å². The lowest BCUT2D eigenvalue weighted by atomic mass is 9.90. The van der Waals surface area contributed by atoms with Gasteiger partial charge < -0.3 is 5.32 Å². The fourth-order valence-electron chi connectivity index (χ4n) is 3.77. The van der Waals surface area contributed by atoms with E-state index >= 15 is 0 Å². The minimum Gasteiger partial charge on any atom is -0.307 e. The predicted molar refractivity (Wildman–Crippen MR) is 119 cm³/mol. The number of benzene rings is 1. The van der Waals surface area contributed by atoms with Crippen molar-refractivity contribution in [2.24, 2.45) is 0 Å². The smallest absolute Gasteiger partial charge is 0.307 e. The van der Waals surface area contributed by atoms with Gasteiger partial charge in [-0.25, -0.2) is 9.52 Å². The van der Waals surface area contributed by atoms with E-state index in [2.05, 4.69) is 42.6 Å². The molecule has 1 fully saturated rings. The number of carbonyl (C=O) groups is 1. The maximum absolute atomic E-state index is 12.8. The summed E-state index contributed by atoms with van der Waals surface area (Å²) in [5, 5.41) is 2.83. The zero-order valence-corrected chi connectivity index (χ0v) is 19.7. The molecule has 1 aromatic carbocycles. The molecule has 2 amide bonds. The van der Waals surface area contributed by atoms with Crippen LogP contribution in [0.15, 0.2) is 12.1 Å². The Morgan fingerprint density at radius 2 is 1.48 bits per heavy atom. The summed E-state index contributed by atoms with van der Waals surface area (Å²) in [4.78, 5) is 14.8. The molecule has 0 radical (unpaired) electrons. The number of hydrogen-bond acceptors (Lipinski definition) is 4. The zero-order valence-electron chi connectivity index (χ0n) is 18.9. The normalized spacial score (nSPS) is 21.6. The van der Waals surface area contributed by atoms with Crippen LogP contribution in [0.4, 0.5) is 10.5 Å². The summed E-state index contributed by atoms with van der Waals surface area (Å²) in [6.07, 6.45) is 0. The summed E-state index contributed by atoms with van der Waals surface area (Å²) in [7, 11) is -1.94. The molecule has 1 aromatic rings. The van der Waals surface area contributed by atoms with Gasteiger partial charge in [0.05, 0.1) is 0 Å². The van der Waals surface area contributed by atoms with Crippen LogP contribution in [-0.2, 0) is 10.2 Å². The number of carbonyl (C=O) groups excluding carboxylic acids is 1. The number of hydrogen-bond donors (Lipinski definition) is 2. The van der Waals surface area contributed by atoms with Crippen LogP contribution in [0.3, 0.4) is 0 Å². The molecule has 2 atom stereocenters. The summed E-state index contributed by atoms with van der Waals surface area (Å²) in [6, 6.07) is 3.53. The Labute approximate surface area is 176 Å². The van der Waals surface area contributed by atoms with Crippen molar-refractivity contribution in [2.45, 2.75) is 72.4 Å². The fraction of sp³-hybridized carbons (Fsp3) is 0.667. The van der Waals surface area contributed by atoms with Crippen LogP contribution in [-0.4, -0.2) is 55.9 Å². The Balaban J connectivity index is 2.25. The van der Waals surface area contributed by atoms with Crippen LogP contribution in [0.1, 0.15) is 70.1 Å².